The van der Waals surface area contributed by atoms with Crippen LogP contribution in [0.3, 0.4) is 0 Å². The Hall–Kier alpha value is -1.05. The Bertz CT molecular complexity index is 992. The maximum atomic E-state index is 12.8. The molecule has 2 heteroatoms. The number of esters is 1. The Labute approximate surface area is 293 Å². The second-order valence-electron chi connectivity index (χ2n) is 18.1. The summed E-state index contributed by atoms with van der Waals surface area (Å²) in [4.78, 5) is 12.8. The average molecular weight is 651 g/mol. The summed E-state index contributed by atoms with van der Waals surface area (Å²) in [6.07, 6.45) is 36.6. The third kappa shape index (κ3) is 10.2. The highest BCUT2D eigenvalue weighted by Crippen LogP contribution is 2.67. The molecule has 4 aliphatic rings. The standard InChI is InChI=1S/C45H78O2/c1-8-9-10-11-12-13-14-15-16-17-18-19-20-21-22-43(46)47-38-29-31-44(6)37(33-38)25-26-39-41-28-27-40(45(41,7)32-30-42(39)44)36(5)24-23-35(4)34(2)3/h16-17,25,34-36,38-42H,8-15,18-24,26-33H2,1-7H3/b17-16-. The number of fused-ring (bicyclic) bond motifs is 5. The Kier molecular flexibility index (Phi) is 15.5. The molecule has 0 aliphatic heterocycles. The van der Waals surface area contributed by atoms with E-state index in [-0.39, 0.29) is 12.1 Å². The van der Waals surface area contributed by atoms with E-state index in [4.69, 9.17) is 4.74 Å². The van der Waals surface area contributed by atoms with Crippen molar-refractivity contribution in [3.05, 3.63) is 23.8 Å². The molecule has 9 unspecified atom stereocenters. The lowest BCUT2D eigenvalue weighted by atomic mass is 9.47. The van der Waals surface area contributed by atoms with Crippen molar-refractivity contribution in [1.82, 2.24) is 0 Å². The maximum Gasteiger partial charge on any atom is 0.306 e. The zero-order valence-corrected chi connectivity index (χ0v) is 32.4. The van der Waals surface area contributed by atoms with Crippen LogP contribution >= 0.6 is 0 Å². The van der Waals surface area contributed by atoms with Crippen molar-refractivity contribution in [2.24, 2.45) is 52.3 Å². The lowest BCUT2D eigenvalue weighted by molar-refractivity contribution is -0.151. The Morgan fingerprint density at radius 2 is 1.51 bits per heavy atom. The Morgan fingerprint density at radius 3 is 2.21 bits per heavy atom. The molecule has 0 aromatic carbocycles. The van der Waals surface area contributed by atoms with Gasteiger partial charge in [-0.05, 0) is 129 Å². The van der Waals surface area contributed by atoms with Crippen molar-refractivity contribution in [3.8, 4) is 0 Å². The van der Waals surface area contributed by atoms with Gasteiger partial charge in [-0.3, -0.25) is 4.79 Å². The van der Waals surface area contributed by atoms with E-state index in [0.29, 0.717) is 17.3 Å². The van der Waals surface area contributed by atoms with Crippen molar-refractivity contribution in [1.29, 1.82) is 0 Å². The van der Waals surface area contributed by atoms with Gasteiger partial charge in [-0.2, -0.15) is 0 Å². The minimum Gasteiger partial charge on any atom is -0.462 e. The van der Waals surface area contributed by atoms with Crippen molar-refractivity contribution in [3.63, 3.8) is 0 Å². The molecule has 3 saturated carbocycles. The van der Waals surface area contributed by atoms with Crippen molar-refractivity contribution in [2.45, 2.75) is 202 Å². The van der Waals surface area contributed by atoms with Gasteiger partial charge in [0.1, 0.15) is 6.10 Å². The Balaban J connectivity index is 1.15. The van der Waals surface area contributed by atoms with E-state index in [2.05, 4.69) is 66.7 Å². The second-order valence-corrected chi connectivity index (χ2v) is 18.1. The molecule has 0 heterocycles. The number of carbonyl (C=O) groups is 1. The molecule has 270 valence electrons. The first-order chi connectivity index (χ1) is 22.6. The minimum absolute atomic E-state index is 0.0460. The smallest absolute Gasteiger partial charge is 0.306 e. The van der Waals surface area contributed by atoms with Gasteiger partial charge in [-0.1, -0.05) is 130 Å². The SMILES string of the molecule is CCCCCCCCC/C=C\CCCCCC(=O)OC1CCC2(C)C(=CCC3C2CCC2(C)C(C(C)CCC(C)C(C)C)CCC32)C1. The fraction of sp³-hybridized carbons (Fsp3) is 0.889. The van der Waals surface area contributed by atoms with Crippen LogP contribution in [-0.4, -0.2) is 12.1 Å². The predicted octanol–water partition coefficient (Wildman–Crippen LogP) is 13.8. The summed E-state index contributed by atoms with van der Waals surface area (Å²) < 4.78 is 6.12. The molecule has 0 radical (unpaired) electrons. The number of rotatable bonds is 20. The molecule has 0 saturated heterocycles. The van der Waals surface area contributed by atoms with Gasteiger partial charge in [-0.15, -0.1) is 0 Å². The number of carbonyl (C=O) groups excluding carboxylic acids is 1. The van der Waals surface area contributed by atoms with E-state index in [1.54, 1.807) is 5.57 Å². The molecular weight excluding hydrogens is 572 g/mol. The van der Waals surface area contributed by atoms with E-state index in [0.717, 1.165) is 73.5 Å². The van der Waals surface area contributed by atoms with Crippen LogP contribution in [-0.2, 0) is 9.53 Å². The first kappa shape index (κ1) is 38.7. The summed E-state index contributed by atoms with van der Waals surface area (Å²) in [5, 5.41) is 0. The molecule has 0 amide bonds. The lowest BCUT2D eigenvalue weighted by Crippen LogP contribution is -2.51. The molecule has 4 aliphatic carbocycles. The van der Waals surface area contributed by atoms with E-state index in [9.17, 15) is 4.79 Å². The van der Waals surface area contributed by atoms with Gasteiger partial charge in [-0.25, -0.2) is 0 Å². The van der Waals surface area contributed by atoms with Gasteiger partial charge in [0.2, 0.25) is 0 Å². The molecule has 0 N–H and O–H groups in total. The van der Waals surface area contributed by atoms with Crippen molar-refractivity contribution >= 4 is 5.97 Å². The normalized spacial score (nSPS) is 33.3. The number of ether oxygens (including phenoxy) is 1. The molecule has 0 spiro atoms. The summed E-state index contributed by atoms with van der Waals surface area (Å²) in [6.45, 7) is 17.4. The summed E-state index contributed by atoms with van der Waals surface area (Å²) >= 11 is 0. The van der Waals surface area contributed by atoms with Crippen LogP contribution in [0.5, 0.6) is 0 Å². The fourth-order valence-corrected chi connectivity index (χ4v) is 11.2. The molecule has 47 heavy (non-hydrogen) atoms. The topological polar surface area (TPSA) is 26.3 Å². The molecule has 9 atom stereocenters. The third-order valence-corrected chi connectivity index (χ3v) is 14.7. The molecule has 0 aromatic heterocycles. The number of allylic oxidation sites excluding steroid dienone is 3. The molecule has 0 bridgehead atoms. The molecule has 0 aromatic rings. The summed E-state index contributed by atoms with van der Waals surface area (Å²) in [5.41, 5.74) is 2.51. The number of unbranched alkanes of at least 4 members (excludes halogenated alkanes) is 10. The number of hydrogen-bond acceptors (Lipinski definition) is 2. The summed E-state index contributed by atoms with van der Waals surface area (Å²) in [6, 6.07) is 0. The monoisotopic (exact) mass is 651 g/mol. The Morgan fingerprint density at radius 1 is 0.830 bits per heavy atom. The number of hydrogen-bond donors (Lipinski definition) is 0. The van der Waals surface area contributed by atoms with Crippen LogP contribution in [0.15, 0.2) is 23.8 Å². The second kappa shape index (κ2) is 18.8. The van der Waals surface area contributed by atoms with Gasteiger partial charge in [0, 0.05) is 12.8 Å². The van der Waals surface area contributed by atoms with E-state index in [1.807, 2.05) is 0 Å². The van der Waals surface area contributed by atoms with Gasteiger partial charge in [0.15, 0.2) is 0 Å². The maximum absolute atomic E-state index is 12.8. The average Bonchev–Trinajstić information content (AvgIpc) is 3.41. The zero-order chi connectivity index (χ0) is 33.9. The van der Waals surface area contributed by atoms with Crippen molar-refractivity contribution < 1.29 is 9.53 Å². The van der Waals surface area contributed by atoms with E-state index < -0.39 is 0 Å². The third-order valence-electron chi connectivity index (χ3n) is 14.7. The van der Waals surface area contributed by atoms with E-state index in [1.165, 1.54) is 109 Å². The highest BCUT2D eigenvalue weighted by atomic mass is 16.5. The van der Waals surface area contributed by atoms with Gasteiger partial charge >= 0.3 is 5.97 Å². The summed E-state index contributed by atoms with van der Waals surface area (Å²) in [5.74, 6) is 6.07. The summed E-state index contributed by atoms with van der Waals surface area (Å²) in [7, 11) is 0. The van der Waals surface area contributed by atoms with Crippen LogP contribution in [0.2, 0.25) is 0 Å². The molecule has 3 fully saturated rings. The van der Waals surface area contributed by atoms with Gasteiger partial charge in [0.25, 0.3) is 0 Å². The van der Waals surface area contributed by atoms with Crippen LogP contribution < -0.4 is 0 Å². The van der Waals surface area contributed by atoms with Gasteiger partial charge in [0.05, 0.1) is 0 Å². The van der Waals surface area contributed by atoms with Crippen LogP contribution in [0.25, 0.3) is 0 Å². The fourth-order valence-electron chi connectivity index (χ4n) is 11.2. The van der Waals surface area contributed by atoms with E-state index >= 15 is 0 Å². The van der Waals surface area contributed by atoms with Crippen LogP contribution in [0, 0.1) is 52.3 Å². The first-order valence-corrected chi connectivity index (χ1v) is 21.1. The predicted molar refractivity (Wildman–Crippen MR) is 202 cm³/mol. The lowest BCUT2D eigenvalue weighted by Gasteiger charge is -2.58. The molecule has 4 rings (SSSR count). The minimum atomic E-state index is 0.0460. The first-order valence-electron chi connectivity index (χ1n) is 21.1. The highest BCUT2D eigenvalue weighted by molar-refractivity contribution is 5.69. The quantitative estimate of drug-likeness (QED) is 0.0744. The van der Waals surface area contributed by atoms with Crippen molar-refractivity contribution in [2.75, 3.05) is 0 Å². The highest BCUT2D eigenvalue weighted by Gasteiger charge is 2.59. The van der Waals surface area contributed by atoms with Gasteiger partial charge < -0.3 is 4.74 Å². The molecular formula is C45H78O2. The largest absolute Gasteiger partial charge is 0.462 e. The molecule has 2 nitrogen and oxygen atoms in total. The van der Waals surface area contributed by atoms with Crippen LogP contribution in [0.4, 0.5) is 0 Å². The zero-order valence-electron chi connectivity index (χ0n) is 32.4. The van der Waals surface area contributed by atoms with Crippen LogP contribution in [0.1, 0.15) is 196 Å².